The lowest BCUT2D eigenvalue weighted by Crippen LogP contribution is -2.51. The summed E-state index contributed by atoms with van der Waals surface area (Å²) >= 11 is 3.15. The highest BCUT2D eigenvalue weighted by molar-refractivity contribution is 9.10. The predicted molar refractivity (Wildman–Crippen MR) is 72.5 cm³/mol. The molecule has 2 rings (SSSR count). The van der Waals surface area contributed by atoms with Gasteiger partial charge in [0.2, 0.25) is 0 Å². The minimum Gasteiger partial charge on any atom is -0.336 e. The number of hydrogen-bond donors (Lipinski definition) is 1. The molecule has 3 nitrogen and oxygen atoms in total. The van der Waals surface area contributed by atoms with Crippen LogP contribution in [0.1, 0.15) is 22.8 Å². The average molecular weight is 351 g/mol. The number of piperazine rings is 1. The smallest absolute Gasteiger partial charge is 0.336 e. The van der Waals surface area contributed by atoms with E-state index in [2.05, 4.69) is 21.2 Å². The van der Waals surface area contributed by atoms with Crippen LogP contribution in [0.4, 0.5) is 13.2 Å². The van der Waals surface area contributed by atoms with Crippen LogP contribution in [0.2, 0.25) is 0 Å². The van der Waals surface area contributed by atoms with Crippen LogP contribution >= 0.6 is 15.9 Å². The van der Waals surface area contributed by atoms with Gasteiger partial charge in [-0.25, -0.2) is 0 Å². The van der Waals surface area contributed by atoms with Crippen molar-refractivity contribution in [3.8, 4) is 0 Å². The molecule has 0 saturated carbocycles. The maximum atomic E-state index is 12.7. The number of halogens is 4. The van der Waals surface area contributed by atoms with Crippen molar-refractivity contribution >= 4 is 21.8 Å². The van der Waals surface area contributed by atoms with Gasteiger partial charge < -0.3 is 10.2 Å². The molecule has 1 N–H and O–H groups in total. The Morgan fingerprint density at radius 2 is 2.15 bits per heavy atom. The van der Waals surface area contributed by atoms with Crippen molar-refractivity contribution in [2.75, 3.05) is 19.6 Å². The maximum absolute atomic E-state index is 12.7. The van der Waals surface area contributed by atoms with E-state index in [1.54, 1.807) is 4.90 Å². The molecule has 1 saturated heterocycles. The third-order valence-corrected chi connectivity index (χ3v) is 3.87. The summed E-state index contributed by atoms with van der Waals surface area (Å²) in [6.45, 7) is 3.55. The van der Waals surface area contributed by atoms with Crippen LogP contribution in [0.5, 0.6) is 0 Å². The molecule has 1 aliphatic heterocycles. The molecule has 1 fully saturated rings. The largest absolute Gasteiger partial charge is 0.416 e. The summed E-state index contributed by atoms with van der Waals surface area (Å²) in [4.78, 5) is 13.9. The highest BCUT2D eigenvalue weighted by Gasteiger charge is 2.32. The molecule has 1 aromatic rings. The fraction of sp³-hybridized carbons (Fsp3) is 0.462. The zero-order chi connectivity index (χ0) is 14.9. The fourth-order valence-electron chi connectivity index (χ4n) is 2.15. The zero-order valence-corrected chi connectivity index (χ0v) is 12.4. The molecule has 0 unspecified atom stereocenters. The van der Waals surface area contributed by atoms with Crippen molar-refractivity contribution in [1.82, 2.24) is 10.2 Å². The fourth-order valence-corrected chi connectivity index (χ4v) is 2.57. The van der Waals surface area contributed by atoms with Crippen LogP contribution in [0.15, 0.2) is 22.7 Å². The summed E-state index contributed by atoms with van der Waals surface area (Å²) in [6.07, 6.45) is -4.45. The Bertz CT molecular complexity index is 519. The molecule has 0 bridgehead atoms. The molecule has 1 heterocycles. The predicted octanol–water partition coefficient (Wildman–Crippen LogP) is 2.90. The van der Waals surface area contributed by atoms with Gasteiger partial charge in [-0.1, -0.05) is 0 Å². The molecular weight excluding hydrogens is 337 g/mol. The van der Waals surface area contributed by atoms with Gasteiger partial charge in [0, 0.05) is 30.1 Å². The monoisotopic (exact) mass is 350 g/mol. The molecule has 0 aliphatic carbocycles. The summed E-state index contributed by atoms with van der Waals surface area (Å²) < 4.78 is 38.5. The van der Waals surface area contributed by atoms with E-state index < -0.39 is 11.7 Å². The van der Waals surface area contributed by atoms with Crippen LogP contribution in [0, 0.1) is 0 Å². The van der Waals surface area contributed by atoms with E-state index in [0.717, 1.165) is 12.1 Å². The van der Waals surface area contributed by atoms with Crippen molar-refractivity contribution < 1.29 is 18.0 Å². The number of nitrogens with one attached hydrogen (secondary N) is 1. The molecule has 1 aliphatic rings. The lowest BCUT2D eigenvalue weighted by Gasteiger charge is -2.32. The second-order valence-electron chi connectivity index (χ2n) is 4.80. The molecule has 110 valence electrons. The first kappa shape index (κ1) is 15.3. The number of carbonyl (C=O) groups is 1. The first-order valence-electron chi connectivity index (χ1n) is 6.18. The molecule has 7 heteroatoms. The second kappa shape index (κ2) is 5.73. The molecule has 1 aromatic carbocycles. The van der Waals surface area contributed by atoms with Crippen LogP contribution < -0.4 is 5.32 Å². The molecule has 0 aromatic heterocycles. The first-order chi connectivity index (χ1) is 9.29. The number of benzene rings is 1. The quantitative estimate of drug-likeness (QED) is 0.844. The van der Waals surface area contributed by atoms with Gasteiger partial charge in [-0.2, -0.15) is 13.2 Å². The summed E-state index contributed by atoms with van der Waals surface area (Å²) in [5.41, 5.74) is -0.763. The Balaban J connectivity index is 2.29. The molecule has 1 atom stereocenters. The third kappa shape index (κ3) is 3.32. The van der Waals surface area contributed by atoms with E-state index in [-0.39, 0.29) is 17.5 Å². The lowest BCUT2D eigenvalue weighted by atomic mass is 10.1. The van der Waals surface area contributed by atoms with Crippen molar-refractivity contribution in [3.63, 3.8) is 0 Å². The topological polar surface area (TPSA) is 32.3 Å². The minimum atomic E-state index is -4.45. The van der Waals surface area contributed by atoms with Gasteiger partial charge in [0.15, 0.2) is 0 Å². The van der Waals surface area contributed by atoms with E-state index in [4.69, 9.17) is 0 Å². The Hall–Kier alpha value is -1.08. The SMILES string of the molecule is C[C@H]1CN(C(=O)c2cc(C(F)(F)F)ccc2Br)CCN1. The number of amides is 1. The van der Waals surface area contributed by atoms with Crippen LogP contribution in [0.3, 0.4) is 0 Å². The van der Waals surface area contributed by atoms with E-state index in [0.29, 0.717) is 24.1 Å². The Morgan fingerprint density at radius 3 is 2.75 bits per heavy atom. The summed E-state index contributed by atoms with van der Waals surface area (Å²) in [7, 11) is 0. The third-order valence-electron chi connectivity index (χ3n) is 3.18. The van der Waals surface area contributed by atoms with E-state index >= 15 is 0 Å². The number of hydrogen-bond acceptors (Lipinski definition) is 2. The van der Waals surface area contributed by atoms with Crippen LogP contribution in [-0.4, -0.2) is 36.5 Å². The van der Waals surface area contributed by atoms with Crippen LogP contribution in [-0.2, 0) is 6.18 Å². The van der Waals surface area contributed by atoms with Gasteiger partial charge in [0.05, 0.1) is 11.1 Å². The number of carbonyl (C=O) groups excluding carboxylic acids is 1. The molecule has 0 radical (unpaired) electrons. The molecule has 1 amide bonds. The maximum Gasteiger partial charge on any atom is 0.416 e. The van der Waals surface area contributed by atoms with E-state index in [9.17, 15) is 18.0 Å². The van der Waals surface area contributed by atoms with Gasteiger partial charge in [0.1, 0.15) is 0 Å². The summed E-state index contributed by atoms with van der Waals surface area (Å²) in [5, 5.41) is 3.18. The van der Waals surface area contributed by atoms with Crippen molar-refractivity contribution in [1.29, 1.82) is 0 Å². The van der Waals surface area contributed by atoms with Gasteiger partial charge in [-0.05, 0) is 41.1 Å². The number of rotatable bonds is 1. The van der Waals surface area contributed by atoms with Crippen LogP contribution in [0.25, 0.3) is 0 Å². The lowest BCUT2D eigenvalue weighted by molar-refractivity contribution is -0.137. The van der Waals surface area contributed by atoms with Gasteiger partial charge in [0.25, 0.3) is 5.91 Å². The Kier molecular flexibility index (Phi) is 4.39. The van der Waals surface area contributed by atoms with Crippen molar-refractivity contribution in [3.05, 3.63) is 33.8 Å². The normalized spacial score (nSPS) is 20.1. The highest BCUT2D eigenvalue weighted by atomic mass is 79.9. The molecule has 20 heavy (non-hydrogen) atoms. The van der Waals surface area contributed by atoms with Gasteiger partial charge >= 0.3 is 6.18 Å². The summed E-state index contributed by atoms with van der Waals surface area (Å²) in [6, 6.07) is 3.26. The zero-order valence-electron chi connectivity index (χ0n) is 10.8. The highest BCUT2D eigenvalue weighted by Crippen LogP contribution is 2.32. The molecule has 0 spiro atoms. The number of alkyl halides is 3. The van der Waals surface area contributed by atoms with Crippen molar-refractivity contribution in [2.24, 2.45) is 0 Å². The Morgan fingerprint density at radius 1 is 1.45 bits per heavy atom. The first-order valence-corrected chi connectivity index (χ1v) is 6.97. The summed E-state index contributed by atoms with van der Waals surface area (Å²) in [5.74, 6) is -0.378. The number of nitrogens with zero attached hydrogens (tertiary/aromatic N) is 1. The van der Waals surface area contributed by atoms with Gasteiger partial charge in [-0.3, -0.25) is 4.79 Å². The standard InChI is InChI=1S/C13H14BrF3N2O/c1-8-7-19(5-4-18-8)12(20)10-6-9(13(15,16)17)2-3-11(10)14/h2-3,6,8,18H,4-5,7H2,1H3/t8-/m0/s1. The van der Waals surface area contributed by atoms with Crippen molar-refractivity contribution in [2.45, 2.75) is 19.1 Å². The molecular formula is C13H14BrF3N2O. The van der Waals surface area contributed by atoms with Gasteiger partial charge in [-0.15, -0.1) is 0 Å². The Labute approximate surface area is 123 Å². The second-order valence-corrected chi connectivity index (χ2v) is 5.65. The van der Waals surface area contributed by atoms with E-state index in [1.807, 2.05) is 6.92 Å². The minimum absolute atomic E-state index is 0.0499. The average Bonchev–Trinajstić information content (AvgIpc) is 2.37. The van der Waals surface area contributed by atoms with E-state index in [1.165, 1.54) is 6.07 Å².